The lowest BCUT2D eigenvalue weighted by atomic mass is 9.95. The molecule has 0 spiro atoms. The molecule has 40 heavy (non-hydrogen) atoms. The summed E-state index contributed by atoms with van der Waals surface area (Å²) in [6, 6.07) is 8.05. The Labute approximate surface area is 233 Å². The highest BCUT2D eigenvalue weighted by molar-refractivity contribution is 7.93. The number of rotatable bonds is 6. The molecule has 2 aromatic carbocycles. The van der Waals surface area contributed by atoms with Crippen molar-refractivity contribution in [2.45, 2.75) is 44.8 Å². The molecule has 2 fully saturated rings. The standard InChI is InChI=1S/C28H34FN5O5S/c1-18-14-20(33-40(36)12-10-34(11-13-40)28(35)38-3)16-24-26(18)27(31-17-30-24)32-23-9-4-19(29)15-25(23)39-22-7-5-21(37-2)6-8-22/h4,9,14-17,21-22H,5-8,10-13H2,1-3H3,(H,30,31,32). The van der Waals surface area contributed by atoms with Crippen LogP contribution in [0.15, 0.2) is 41.0 Å². The molecular weight excluding hydrogens is 537 g/mol. The van der Waals surface area contributed by atoms with Crippen LogP contribution in [0.5, 0.6) is 5.75 Å². The van der Waals surface area contributed by atoms with E-state index in [0.29, 0.717) is 41.5 Å². The van der Waals surface area contributed by atoms with E-state index < -0.39 is 15.8 Å². The van der Waals surface area contributed by atoms with Gasteiger partial charge >= 0.3 is 6.09 Å². The van der Waals surface area contributed by atoms with E-state index in [-0.39, 0.29) is 29.5 Å². The molecule has 2 aliphatic rings. The van der Waals surface area contributed by atoms with Crippen LogP contribution in [0, 0.1) is 12.7 Å². The molecule has 1 aliphatic heterocycles. The van der Waals surface area contributed by atoms with Crippen LogP contribution < -0.4 is 10.1 Å². The number of aryl methyl sites for hydroxylation is 1. The van der Waals surface area contributed by atoms with Crippen molar-refractivity contribution in [2.75, 3.05) is 44.1 Å². The predicted octanol–water partition coefficient (Wildman–Crippen LogP) is 5.34. The highest BCUT2D eigenvalue weighted by Gasteiger charge is 2.25. The molecule has 214 valence electrons. The molecule has 1 N–H and O–H groups in total. The maximum Gasteiger partial charge on any atom is 0.409 e. The molecular formula is C28H34FN5O5S. The maximum atomic E-state index is 14.2. The number of hydrogen-bond acceptors (Lipinski definition) is 9. The molecule has 0 bridgehead atoms. The molecule has 1 aliphatic carbocycles. The molecule has 2 heterocycles. The number of ether oxygens (including phenoxy) is 3. The van der Waals surface area contributed by atoms with Crippen molar-refractivity contribution in [3.63, 3.8) is 0 Å². The highest BCUT2D eigenvalue weighted by Crippen LogP contribution is 2.35. The van der Waals surface area contributed by atoms with Gasteiger partial charge in [0.05, 0.1) is 45.9 Å². The first-order valence-electron chi connectivity index (χ1n) is 13.3. The fourth-order valence-corrected chi connectivity index (χ4v) is 7.11. The molecule has 5 rings (SSSR count). The Kier molecular flexibility index (Phi) is 8.36. The molecule has 0 radical (unpaired) electrons. The second kappa shape index (κ2) is 11.9. The van der Waals surface area contributed by atoms with Crippen LogP contribution >= 0.6 is 0 Å². The quantitative estimate of drug-likeness (QED) is 0.422. The molecule has 10 nitrogen and oxygen atoms in total. The number of carbonyl (C=O) groups excluding carboxylic acids is 1. The number of carbonyl (C=O) groups is 1. The van der Waals surface area contributed by atoms with Gasteiger partial charge in [0.15, 0.2) is 0 Å². The molecule has 1 saturated carbocycles. The van der Waals surface area contributed by atoms with Crippen molar-refractivity contribution in [3.05, 3.63) is 48.0 Å². The summed E-state index contributed by atoms with van der Waals surface area (Å²) in [5.41, 5.74) is 2.64. The number of fused-ring (bicyclic) bond motifs is 1. The van der Waals surface area contributed by atoms with E-state index in [0.717, 1.165) is 36.6 Å². The first-order chi connectivity index (χ1) is 19.3. The predicted molar refractivity (Wildman–Crippen MR) is 152 cm³/mol. The Bertz CT molecular complexity index is 1500. The number of nitrogens with zero attached hydrogens (tertiary/aromatic N) is 4. The Hall–Kier alpha value is -3.51. The summed E-state index contributed by atoms with van der Waals surface area (Å²) in [6.07, 6.45) is 4.70. The molecule has 1 aromatic heterocycles. The first kappa shape index (κ1) is 28.0. The van der Waals surface area contributed by atoms with Crippen LogP contribution in [-0.2, 0) is 19.2 Å². The Morgan fingerprint density at radius 3 is 2.50 bits per heavy atom. The smallest absolute Gasteiger partial charge is 0.409 e. The van der Waals surface area contributed by atoms with E-state index in [2.05, 4.69) is 19.6 Å². The zero-order valence-corrected chi connectivity index (χ0v) is 23.7. The topological polar surface area (TPSA) is 115 Å². The number of anilines is 2. The third kappa shape index (κ3) is 6.28. The van der Waals surface area contributed by atoms with Gasteiger partial charge in [-0.3, -0.25) is 0 Å². The summed E-state index contributed by atoms with van der Waals surface area (Å²) < 4.78 is 48.7. The van der Waals surface area contributed by atoms with E-state index in [1.807, 2.05) is 13.0 Å². The van der Waals surface area contributed by atoms with Crippen LogP contribution in [0.3, 0.4) is 0 Å². The molecule has 0 atom stereocenters. The number of benzene rings is 2. The fraction of sp³-hybridized carbons (Fsp3) is 0.464. The lowest BCUT2D eigenvalue weighted by Gasteiger charge is -2.28. The minimum atomic E-state index is -2.53. The van der Waals surface area contributed by atoms with Gasteiger partial charge in [0, 0.05) is 43.2 Å². The molecule has 1 saturated heterocycles. The van der Waals surface area contributed by atoms with E-state index in [4.69, 9.17) is 14.2 Å². The first-order valence-corrected chi connectivity index (χ1v) is 15.2. The van der Waals surface area contributed by atoms with Crippen LogP contribution in [0.1, 0.15) is 31.2 Å². The number of aromatic nitrogens is 2. The Morgan fingerprint density at radius 1 is 1.07 bits per heavy atom. The third-order valence-electron chi connectivity index (χ3n) is 7.43. The number of nitrogens with one attached hydrogen (secondary N) is 1. The molecule has 12 heteroatoms. The maximum absolute atomic E-state index is 14.2. The van der Waals surface area contributed by atoms with E-state index >= 15 is 0 Å². The van der Waals surface area contributed by atoms with Gasteiger partial charge in [-0.25, -0.2) is 23.4 Å². The number of methoxy groups -OCH3 is 2. The fourth-order valence-electron chi connectivity index (χ4n) is 5.23. The van der Waals surface area contributed by atoms with Crippen molar-refractivity contribution >= 4 is 43.9 Å². The van der Waals surface area contributed by atoms with Gasteiger partial charge in [0.25, 0.3) is 0 Å². The number of hydrogen-bond donors (Lipinski definition) is 1. The van der Waals surface area contributed by atoms with Gasteiger partial charge in [-0.2, -0.15) is 4.36 Å². The van der Waals surface area contributed by atoms with Gasteiger partial charge in [-0.15, -0.1) is 0 Å². The van der Waals surface area contributed by atoms with Crippen LogP contribution in [0.25, 0.3) is 10.9 Å². The minimum Gasteiger partial charge on any atom is -0.488 e. The van der Waals surface area contributed by atoms with Crippen molar-refractivity contribution < 1.29 is 27.6 Å². The summed E-state index contributed by atoms with van der Waals surface area (Å²) in [5.74, 6) is 1.13. The van der Waals surface area contributed by atoms with Gasteiger partial charge in [-0.05, 0) is 62.4 Å². The normalized spacial score (nSPS) is 20.6. The number of amides is 1. The highest BCUT2D eigenvalue weighted by atomic mass is 32.2. The molecule has 1 amide bonds. The van der Waals surface area contributed by atoms with Crippen molar-refractivity contribution in [2.24, 2.45) is 4.36 Å². The van der Waals surface area contributed by atoms with Crippen molar-refractivity contribution in [1.82, 2.24) is 14.9 Å². The third-order valence-corrected chi connectivity index (χ3v) is 9.61. The summed E-state index contributed by atoms with van der Waals surface area (Å²) in [7, 11) is 0.522. The van der Waals surface area contributed by atoms with E-state index in [9.17, 15) is 13.4 Å². The van der Waals surface area contributed by atoms with Crippen LogP contribution in [-0.4, -0.2) is 76.2 Å². The van der Waals surface area contributed by atoms with Crippen molar-refractivity contribution in [1.29, 1.82) is 0 Å². The molecule has 0 unspecified atom stereocenters. The molecule has 3 aromatic rings. The van der Waals surface area contributed by atoms with E-state index in [1.165, 1.54) is 30.5 Å². The van der Waals surface area contributed by atoms with Crippen LogP contribution in [0.2, 0.25) is 0 Å². The summed E-state index contributed by atoms with van der Waals surface area (Å²) in [6.45, 7) is 2.57. The zero-order chi connectivity index (χ0) is 28.3. The van der Waals surface area contributed by atoms with Crippen molar-refractivity contribution in [3.8, 4) is 5.75 Å². The lowest BCUT2D eigenvalue weighted by Crippen LogP contribution is -2.43. The zero-order valence-electron chi connectivity index (χ0n) is 22.9. The summed E-state index contributed by atoms with van der Waals surface area (Å²) in [4.78, 5) is 22.2. The summed E-state index contributed by atoms with van der Waals surface area (Å²) >= 11 is 0. The van der Waals surface area contributed by atoms with Gasteiger partial charge < -0.3 is 24.4 Å². The van der Waals surface area contributed by atoms with Gasteiger partial charge in [0.2, 0.25) is 0 Å². The van der Waals surface area contributed by atoms with Gasteiger partial charge in [-0.1, -0.05) is 0 Å². The SMILES string of the molecule is COC(=O)N1CCS(=O)(=Nc2cc(C)c3c(Nc4ccc(F)cc4OC4CCC(OC)CC4)ncnc3c2)CC1. The lowest BCUT2D eigenvalue weighted by molar-refractivity contribution is 0.0329. The average Bonchev–Trinajstić information content (AvgIpc) is 2.94. The Morgan fingerprint density at radius 2 is 1.80 bits per heavy atom. The second-order valence-electron chi connectivity index (χ2n) is 10.1. The Balaban J connectivity index is 1.39. The van der Waals surface area contributed by atoms with Crippen LogP contribution in [0.4, 0.5) is 26.4 Å². The second-order valence-corrected chi connectivity index (χ2v) is 12.7. The van der Waals surface area contributed by atoms with Gasteiger partial charge in [0.1, 0.15) is 23.7 Å². The number of halogens is 1. The minimum absolute atomic E-state index is 0.0248. The largest absolute Gasteiger partial charge is 0.488 e. The summed E-state index contributed by atoms with van der Waals surface area (Å²) in [5, 5.41) is 4.09. The van der Waals surface area contributed by atoms with E-state index in [1.54, 1.807) is 19.2 Å². The average molecular weight is 572 g/mol. The monoisotopic (exact) mass is 571 g/mol.